The lowest BCUT2D eigenvalue weighted by Gasteiger charge is -2.18. The first-order valence-electron chi connectivity index (χ1n) is 14.1. The number of ether oxygens (including phenoxy) is 4. The fourth-order valence-electron chi connectivity index (χ4n) is 4.61. The number of hydrogen-bond donors (Lipinski definition) is 0. The van der Waals surface area contributed by atoms with Gasteiger partial charge in [0, 0.05) is 15.6 Å². The number of para-hydroxylation sites is 1. The predicted octanol–water partition coefficient (Wildman–Crippen LogP) is 6.88. The van der Waals surface area contributed by atoms with Gasteiger partial charge in [0.2, 0.25) is 0 Å². The number of hydrogen-bond acceptors (Lipinski definition) is 8. The molecule has 0 saturated heterocycles. The smallest absolute Gasteiger partial charge is 0.346 e. The van der Waals surface area contributed by atoms with Crippen molar-refractivity contribution in [3.05, 3.63) is 80.0 Å². The highest BCUT2D eigenvalue weighted by Gasteiger charge is 2.21. The number of methoxy groups -OCH3 is 1. The SMILES string of the molecule is CCOc1cc(C=Nn2c(-c3cc(C(C)C)c(OCC)cc3C)nc3ccccc3c2=O)c(Br)cc1O[C@H](C)C(=O)OC. The Balaban J connectivity index is 1.89. The van der Waals surface area contributed by atoms with Gasteiger partial charge < -0.3 is 18.9 Å². The number of halogens is 1. The lowest BCUT2D eigenvalue weighted by molar-refractivity contribution is -0.147. The summed E-state index contributed by atoms with van der Waals surface area (Å²) in [4.78, 5) is 30.7. The molecule has 4 rings (SSSR count). The summed E-state index contributed by atoms with van der Waals surface area (Å²) in [7, 11) is 1.30. The summed E-state index contributed by atoms with van der Waals surface area (Å²) in [5.74, 6) is 1.67. The molecule has 0 spiro atoms. The van der Waals surface area contributed by atoms with E-state index in [1.54, 1.807) is 37.4 Å². The quantitative estimate of drug-likeness (QED) is 0.129. The third-order valence-electron chi connectivity index (χ3n) is 6.79. The molecule has 10 heteroatoms. The minimum atomic E-state index is -0.839. The van der Waals surface area contributed by atoms with E-state index in [9.17, 15) is 9.59 Å². The summed E-state index contributed by atoms with van der Waals surface area (Å²) >= 11 is 3.57. The van der Waals surface area contributed by atoms with E-state index in [2.05, 4.69) is 34.9 Å². The van der Waals surface area contributed by atoms with Crippen LogP contribution in [0.5, 0.6) is 17.2 Å². The van der Waals surface area contributed by atoms with Gasteiger partial charge in [0.25, 0.3) is 5.56 Å². The van der Waals surface area contributed by atoms with Crippen LogP contribution < -0.4 is 19.8 Å². The van der Waals surface area contributed by atoms with Crippen LogP contribution in [-0.2, 0) is 9.53 Å². The van der Waals surface area contributed by atoms with Crippen LogP contribution in [0.3, 0.4) is 0 Å². The molecule has 226 valence electrons. The van der Waals surface area contributed by atoms with Crippen molar-refractivity contribution in [1.82, 2.24) is 9.66 Å². The summed E-state index contributed by atoms with van der Waals surface area (Å²) in [5.41, 5.74) is 3.60. The molecular weight excluding hydrogens is 614 g/mol. The Bertz CT molecular complexity index is 1730. The van der Waals surface area contributed by atoms with Gasteiger partial charge in [-0.25, -0.2) is 9.78 Å². The van der Waals surface area contributed by atoms with Gasteiger partial charge in [-0.2, -0.15) is 9.78 Å². The number of benzene rings is 3. The Kier molecular flexibility index (Phi) is 10.2. The number of carbonyl (C=O) groups is 1. The molecule has 9 nitrogen and oxygen atoms in total. The van der Waals surface area contributed by atoms with Crippen LogP contribution in [0.25, 0.3) is 22.3 Å². The fraction of sp³-hybridized carbons (Fsp3) is 0.333. The van der Waals surface area contributed by atoms with E-state index in [1.807, 2.05) is 45.0 Å². The summed E-state index contributed by atoms with van der Waals surface area (Å²) in [6, 6.07) is 14.7. The molecule has 0 bridgehead atoms. The Hall–Kier alpha value is -4.18. The summed E-state index contributed by atoms with van der Waals surface area (Å²) in [6.07, 6.45) is 0.725. The lowest BCUT2D eigenvalue weighted by atomic mass is 9.96. The normalized spacial score (nSPS) is 12.1. The summed E-state index contributed by atoms with van der Waals surface area (Å²) in [5, 5.41) is 5.11. The highest BCUT2D eigenvalue weighted by molar-refractivity contribution is 9.10. The summed E-state index contributed by atoms with van der Waals surface area (Å²) < 4.78 is 24.3. The molecule has 1 aromatic heterocycles. The Morgan fingerprint density at radius 2 is 1.72 bits per heavy atom. The second-order valence-electron chi connectivity index (χ2n) is 10.1. The highest BCUT2D eigenvalue weighted by Crippen LogP contribution is 2.36. The fourth-order valence-corrected chi connectivity index (χ4v) is 5.04. The van der Waals surface area contributed by atoms with E-state index < -0.39 is 12.1 Å². The van der Waals surface area contributed by atoms with Crippen LogP contribution in [0.1, 0.15) is 57.2 Å². The molecule has 0 unspecified atom stereocenters. The van der Waals surface area contributed by atoms with Crippen molar-refractivity contribution in [3.8, 4) is 28.6 Å². The number of aromatic nitrogens is 2. The van der Waals surface area contributed by atoms with Crippen molar-refractivity contribution in [2.75, 3.05) is 20.3 Å². The maximum Gasteiger partial charge on any atom is 0.346 e. The van der Waals surface area contributed by atoms with Crippen LogP contribution in [0, 0.1) is 6.92 Å². The second kappa shape index (κ2) is 13.9. The number of rotatable bonds is 11. The zero-order valence-electron chi connectivity index (χ0n) is 25.4. The van der Waals surface area contributed by atoms with Crippen molar-refractivity contribution in [1.29, 1.82) is 0 Å². The van der Waals surface area contributed by atoms with Crippen molar-refractivity contribution < 1.29 is 23.7 Å². The van der Waals surface area contributed by atoms with Gasteiger partial charge in [0.1, 0.15) is 5.75 Å². The van der Waals surface area contributed by atoms with E-state index in [0.29, 0.717) is 51.5 Å². The first-order chi connectivity index (χ1) is 20.6. The van der Waals surface area contributed by atoms with Crippen molar-refractivity contribution in [3.63, 3.8) is 0 Å². The molecule has 1 atom stereocenters. The molecule has 0 aliphatic rings. The predicted molar refractivity (Wildman–Crippen MR) is 172 cm³/mol. The van der Waals surface area contributed by atoms with Crippen LogP contribution in [0.4, 0.5) is 0 Å². The average molecular weight is 651 g/mol. The molecular formula is C33H36BrN3O6. The molecule has 0 saturated carbocycles. The maximum atomic E-state index is 13.8. The van der Waals surface area contributed by atoms with E-state index in [4.69, 9.17) is 23.9 Å². The zero-order valence-corrected chi connectivity index (χ0v) is 27.0. The van der Waals surface area contributed by atoms with Crippen molar-refractivity contribution in [2.45, 2.75) is 53.6 Å². The molecule has 0 N–H and O–H groups in total. The van der Waals surface area contributed by atoms with E-state index in [-0.39, 0.29) is 11.5 Å². The Labute approximate surface area is 259 Å². The number of carbonyl (C=O) groups excluding carboxylic acids is 1. The first kappa shape index (κ1) is 31.7. The van der Waals surface area contributed by atoms with Gasteiger partial charge in [0.05, 0.1) is 37.4 Å². The average Bonchev–Trinajstić information content (AvgIpc) is 2.98. The van der Waals surface area contributed by atoms with Gasteiger partial charge in [0.15, 0.2) is 23.4 Å². The molecule has 0 aliphatic carbocycles. The molecule has 4 aromatic rings. The maximum absolute atomic E-state index is 13.8. The topological polar surface area (TPSA) is 101 Å². The second-order valence-corrected chi connectivity index (χ2v) is 11.0. The number of esters is 1. The van der Waals surface area contributed by atoms with Crippen molar-refractivity contribution in [2.24, 2.45) is 5.10 Å². The molecule has 0 amide bonds. The van der Waals surface area contributed by atoms with Crippen LogP contribution >= 0.6 is 15.9 Å². The highest BCUT2D eigenvalue weighted by atomic mass is 79.9. The third-order valence-corrected chi connectivity index (χ3v) is 7.47. The molecule has 0 aliphatic heterocycles. The largest absolute Gasteiger partial charge is 0.494 e. The van der Waals surface area contributed by atoms with Crippen LogP contribution in [0.15, 0.2) is 62.9 Å². The van der Waals surface area contributed by atoms with Gasteiger partial charge in [-0.15, -0.1) is 0 Å². The summed E-state index contributed by atoms with van der Waals surface area (Å²) in [6.45, 7) is 12.5. The van der Waals surface area contributed by atoms with Gasteiger partial charge in [-0.05, 0) is 97.1 Å². The number of fused-ring (bicyclic) bond motifs is 1. The van der Waals surface area contributed by atoms with Gasteiger partial charge >= 0.3 is 5.97 Å². The number of aryl methyl sites for hydroxylation is 1. The minimum absolute atomic E-state index is 0.181. The Morgan fingerprint density at radius 3 is 2.40 bits per heavy atom. The van der Waals surface area contributed by atoms with Gasteiger partial charge in [-0.1, -0.05) is 26.0 Å². The first-order valence-corrected chi connectivity index (χ1v) is 14.9. The third kappa shape index (κ3) is 6.91. The van der Waals surface area contributed by atoms with E-state index >= 15 is 0 Å². The van der Waals surface area contributed by atoms with Gasteiger partial charge in [-0.3, -0.25) is 4.79 Å². The van der Waals surface area contributed by atoms with E-state index in [0.717, 1.165) is 22.4 Å². The van der Waals surface area contributed by atoms with Crippen molar-refractivity contribution >= 4 is 39.0 Å². The Morgan fingerprint density at radius 1 is 1.02 bits per heavy atom. The lowest BCUT2D eigenvalue weighted by Crippen LogP contribution is -2.25. The van der Waals surface area contributed by atoms with Crippen LogP contribution in [-0.4, -0.2) is 48.3 Å². The standard InChI is InChI=1S/C33H36BrN3O6/c1-8-41-28-14-20(5)25(16-24(28)19(3)4)31-36-27-13-11-10-12-23(27)32(38)37(31)35-18-22-15-29(42-9-2)30(17-26(22)34)43-21(6)33(39)40-7/h10-19,21H,8-9H2,1-7H3/t21-/m1/s1. The number of nitrogens with zero attached hydrogens (tertiary/aromatic N) is 3. The molecule has 1 heterocycles. The monoisotopic (exact) mass is 649 g/mol. The zero-order chi connectivity index (χ0) is 31.3. The molecule has 0 radical (unpaired) electrons. The molecule has 43 heavy (non-hydrogen) atoms. The minimum Gasteiger partial charge on any atom is -0.494 e. The van der Waals surface area contributed by atoms with Crippen LogP contribution in [0.2, 0.25) is 0 Å². The molecule has 0 fully saturated rings. The molecule has 3 aromatic carbocycles. The van der Waals surface area contributed by atoms with E-state index in [1.165, 1.54) is 11.8 Å².